The molecule has 1 aliphatic rings. The van der Waals surface area contributed by atoms with Gasteiger partial charge in [0.2, 0.25) is 0 Å². The highest BCUT2D eigenvalue weighted by atomic mass is 16.7. The molecule has 1 saturated heterocycles. The topological polar surface area (TPSA) is 77.0 Å². The molecular formula is C22H33NO5. The third-order valence-corrected chi connectivity index (χ3v) is 5.00. The second kappa shape index (κ2) is 11.2. The normalized spacial score (nSPS) is 22.0. The second-order valence-electron chi connectivity index (χ2n) is 7.46. The molecule has 0 radical (unpaired) electrons. The van der Waals surface area contributed by atoms with Crippen molar-refractivity contribution >= 4 is 11.7 Å². The molecule has 1 heterocycles. The average Bonchev–Trinajstić information content (AvgIpc) is 2.70. The zero-order valence-electron chi connectivity index (χ0n) is 17.0. The van der Waals surface area contributed by atoms with Crippen LogP contribution in [0.15, 0.2) is 30.8 Å². The number of ether oxygens (including phenoxy) is 2. The summed E-state index contributed by atoms with van der Waals surface area (Å²) in [5.41, 5.74) is 6.04. The molecule has 0 atom stereocenters. The van der Waals surface area contributed by atoms with Gasteiger partial charge >= 0.3 is 5.97 Å². The predicted octanol–water partition coefficient (Wildman–Crippen LogP) is 4.16. The molecule has 28 heavy (non-hydrogen) atoms. The summed E-state index contributed by atoms with van der Waals surface area (Å²) < 4.78 is 10.7. The van der Waals surface area contributed by atoms with Crippen LogP contribution in [-0.2, 0) is 25.5 Å². The number of benzene rings is 1. The van der Waals surface area contributed by atoms with E-state index in [0.717, 1.165) is 36.9 Å². The third-order valence-electron chi connectivity index (χ3n) is 5.00. The number of nitrogens with one attached hydrogen (secondary N) is 1. The SMILES string of the molecule is C=C(NOCCCCC1COC(C)(C(=O)O)OC1)c1ccc(CCCC)cc1. The van der Waals surface area contributed by atoms with Crippen molar-refractivity contribution in [3.05, 3.63) is 42.0 Å². The van der Waals surface area contributed by atoms with E-state index in [1.54, 1.807) is 0 Å². The van der Waals surface area contributed by atoms with Gasteiger partial charge in [-0.15, -0.1) is 0 Å². The van der Waals surface area contributed by atoms with E-state index in [9.17, 15) is 4.79 Å². The highest BCUT2D eigenvalue weighted by Crippen LogP contribution is 2.24. The Morgan fingerprint density at radius 3 is 2.54 bits per heavy atom. The number of aliphatic carboxylic acids is 1. The van der Waals surface area contributed by atoms with E-state index < -0.39 is 11.8 Å². The number of aryl methyl sites for hydroxylation is 1. The molecule has 0 bridgehead atoms. The van der Waals surface area contributed by atoms with Gasteiger partial charge in [-0.25, -0.2) is 4.79 Å². The van der Waals surface area contributed by atoms with Crippen LogP contribution in [0.1, 0.15) is 57.1 Å². The summed E-state index contributed by atoms with van der Waals surface area (Å²) >= 11 is 0. The van der Waals surface area contributed by atoms with Gasteiger partial charge in [0.1, 0.15) is 0 Å². The molecule has 2 rings (SSSR count). The molecule has 1 fully saturated rings. The molecule has 0 saturated carbocycles. The van der Waals surface area contributed by atoms with Crippen LogP contribution in [0.2, 0.25) is 0 Å². The van der Waals surface area contributed by atoms with Gasteiger partial charge in [0.05, 0.1) is 25.5 Å². The van der Waals surface area contributed by atoms with Gasteiger partial charge in [-0.3, -0.25) is 10.3 Å². The second-order valence-corrected chi connectivity index (χ2v) is 7.46. The predicted molar refractivity (Wildman–Crippen MR) is 108 cm³/mol. The van der Waals surface area contributed by atoms with Crippen molar-refractivity contribution in [2.75, 3.05) is 19.8 Å². The first-order chi connectivity index (χ1) is 13.4. The molecule has 0 spiro atoms. The van der Waals surface area contributed by atoms with Crippen molar-refractivity contribution < 1.29 is 24.2 Å². The molecule has 1 aromatic carbocycles. The third kappa shape index (κ3) is 6.93. The van der Waals surface area contributed by atoms with E-state index in [1.165, 1.54) is 25.3 Å². The van der Waals surface area contributed by atoms with E-state index >= 15 is 0 Å². The van der Waals surface area contributed by atoms with E-state index in [1.807, 2.05) is 0 Å². The van der Waals surface area contributed by atoms with E-state index in [2.05, 4.69) is 43.2 Å². The van der Waals surface area contributed by atoms with Crippen LogP contribution < -0.4 is 5.48 Å². The van der Waals surface area contributed by atoms with Gasteiger partial charge < -0.3 is 14.6 Å². The number of carboxylic acids is 1. The first-order valence-electron chi connectivity index (χ1n) is 10.1. The quantitative estimate of drug-likeness (QED) is 0.412. The van der Waals surface area contributed by atoms with E-state index in [-0.39, 0.29) is 5.92 Å². The maximum absolute atomic E-state index is 11.1. The van der Waals surface area contributed by atoms with Crippen molar-refractivity contribution in [3.63, 3.8) is 0 Å². The van der Waals surface area contributed by atoms with Crippen LogP contribution in [0.5, 0.6) is 0 Å². The minimum Gasteiger partial charge on any atom is -0.477 e. The standard InChI is InChI=1S/C22H33NO5/c1-4-5-8-18-10-12-20(13-11-18)17(2)23-28-14-7-6-9-19-15-26-22(3,21(24)25)27-16-19/h10-13,19,23H,2,4-9,14-16H2,1,3H3,(H,24,25). The molecule has 0 aliphatic carbocycles. The van der Waals surface area contributed by atoms with Gasteiger partial charge in [-0.1, -0.05) is 50.6 Å². The van der Waals surface area contributed by atoms with Crippen LogP contribution >= 0.6 is 0 Å². The van der Waals surface area contributed by atoms with Crippen molar-refractivity contribution in [1.82, 2.24) is 5.48 Å². The number of carboxylic acid groups (broad SMARTS) is 1. The lowest BCUT2D eigenvalue weighted by Crippen LogP contribution is -2.47. The summed E-state index contributed by atoms with van der Waals surface area (Å²) in [5, 5.41) is 9.05. The molecule has 1 aromatic rings. The summed E-state index contributed by atoms with van der Waals surface area (Å²) in [6, 6.07) is 8.41. The lowest BCUT2D eigenvalue weighted by Gasteiger charge is -2.34. The summed E-state index contributed by atoms with van der Waals surface area (Å²) in [5.74, 6) is -2.36. The smallest absolute Gasteiger partial charge is 0.364 e. The molecule has 0 unspecified atom stereocenters. The first kappa shape index (κ1) is 22.4. The van der Waals surface area contributed by atoms with Gasteiger partial charge in [0.25, 0.3) is 5.79 Å². The van der Waals surface area contributed by atoms with Crippen LogP contribution in [0.4, 0.5) is 0 Å². The average molecular weight is 392 g/mol. The fourth-order valence-corrected chi connectivity index (χ4v) is 2.99. The summed E-state index contributed by atoms with van der Waals surface area (Å²) in [6.45, 7) is 9.06. The van der Waals surface area contributed by atoms with Crippen molar-refractivity contribution in [2.24, 2.45) is 5.92 Å². The highest BCUT2D eigenvalue weighted by molar-refractivity contribution is 5.75. The number of hydroxylamine groups is 1. The van der Waals surface area contributed by atoms with Gasteiger partial charge in [0.15, 0.2) is 0 Å². The Kier molecular flexibility index (Phi) is 8.96. The van der Waals surface area contributed by atoms with Crippen LogP contribution in [0, 0.1) is 5.92 Å². The summed E-state index contributed by atoms with van der Waals surface area (Å²) in [6.07, 6.45) is 6.29. The Morgan fingerprint density at radius 2 is 1.93 bits per heavy atom. The number of carbonyl (C=O) groups is 1. The van der Waals surface area contributed by atoms with Gasteiger partial charge in [-0.05, 0) is 36.8 Å². The highest BCUT2D eigenvalue weighted by Gasteiger charge is 2.40. The fourth-order valence-electron chi connectivity index (χ4n) is 2.99. The minimum atomic E-state index is -1.50. The van der Waals surface area contributed by atoms with E-state index in [0.29, 0.717) is 19.8 Å². The number of hydrogen-bond acceptors (Lipinski definition) is 5. The van der Waals surface area contributed by atoms with Gasteiger partial charge in [0, 0.05) is 12.8 Å². The molecule has 0 amide bonds. The maximum atomic E-state index is 11.1. The van der Waals surface area contributed by atoms with Crippen molar-refractivity contribution in [3.8, 4) is 0 Å². The molecule has 156 valence electrons. The maximum Gasteiger partial charge on any atom is 0.364 e. The van der Waals surface area contributed by atoms with Crippen molar-refractivity contribution in [2.45, 2.75) is 58.2 Å². The zero-order chi connectivity index (χ0) is 20.4. The Bertz CT molecular complexity index is 620. The summed E-state index contributed by atoms with van der Waals surface area (Å²) in [7, 11) is 0. The van der Waals surface area contributed by atoms with Crippen LogP contribution in [-0.4, -0.2) is 36.7 Å². The largest absolute Gasteiger partial charge is 0.477 e. The first-order valence-corrected chi connectivity index (χ1v) is 10.1. The molecule has 2 N–H and O–H groups in total. The minimum absolute atomic E-state index is 0.224. The zero-order valence-corrected chi connectivity index (χ0v) is 17.0. The Balaban J connectivity index is 1.56. The molecule has 6 nitrogen and oxygen atoms in total. The lowest BCUT2D eigenvalue weighted by molar-refractivity contribution is -0.271. The summed E-state index contributed by atoms with van der Waals surface area (Å²) in [4.78, 5) is 16.6. The Morgan fingerprint density at radius 1 is 1.25 bits per heavy atom. The lowest BCUT2D eigenvalue weighted by atomic mass is 10.0. The monoisotopic (exact) mass is 391 g/mol. The van der Waals surface area contributed by atoms with E-state index in [4.69, 9.17) is 19.4 Å². The van der Waals surface area contributed by atoms with Crippen molar-refractivity contribution in [1.29, 1.82) is 0 Å². The molecule has 1 aliphatic heterocycles. The Hall–Kier alpha value is -1.89. The number of unbranched alkanes of at least 4 members (excludes halogenated alkanes) is 2. The molecule has 6 heteroatoms. The molecular weight excluding hydrogens is 358 g/mol. The number of rotatable bonds is 12. The Labute approximate surface area is 167 Å². The molecule has 0 aromatic heterocycles. The van der Waals surface area contributed by atoms with Crippen LogP contribution in [0.25, 0.3) is 5.70 Å². The van der Waals surface area contributed by atoms with Crippen LogP contribution in [0.3, 0.4) is 0 Å². The number of hydrogen-bond donors (Lipinski definition) is 2. The fraction of sp³-hybridized carbons (Fsp3) is 0.591. The van der Waals surface area contributed by atoms with Gasteiger partial charge in [-0.2, -0.15) is 0 Å².